The topological polar surface area (TPSA) is 79.7 Å². The number of hydrogen-bond acceptors (Lipinski definition) is 5. The number of pyridine rings is 1. The number of para-hydroxylation sites is 1. The SMILES string of the molecule is CCOC(=O)C(O)C(O)c1cc2cccc(C)c2nc1Cl. The quantitative estimate of drug-likeness (QED) is 0.668. The second-order valence-corrected chi connectivity index (χ2v) is 5.01. The van der Waals surface area contributed by atoms with Gasteiger partial charge in [-0.25, -0.2) is 9.78 Å². The molecule has 1 heterocycles. The highest BCUT2D eigenvalue weighted by Crippen LogP contribution is 2.29. The average Bonchev–Trinajstić information content (AvgIpc) is 2.46. The van der Waals surface area contributed by atoms with Crippen molar-refractivity contribution in [3.8, 4) is 0 Å². The Morgan fingerprint density at radius 3 is 2.81 bits per heavy atom. The molecule has 0 aliphatic carbocycles. The first-order valence-electron chi connectivity index (χ1n) is 6.54. The van der Waals surface area contributed by atoms with E-state index >= 15 is 0 Å². The smallest absolute Gasteiger partial charge is 0.338 e. The van der Waals surface area contributed by atoms with E-state index in [9.17, 15) is 15.0 Å². The number of benzene rings is 1. The lowest BCUT2D eigenvalue weighted by Gasteiger charge is -2.18. The maximum atomic E-state index is 11.5. The second-order valence-electron chi connectivity index (χ2n) is 4.66. The molecule has 1 aromatic heterocycles. The molecule has 0 aliphatic rings. The molecule has 2 unspecified atom stereocenters. The summed E-state index contributed by atoms with van der Waals surface area (Å²) in [5, 5.41) is 20.7. The number of carbonyl (C=O) groups is 1. The van der Waals surface area contributed by atoms with Gasteiger partial charge in [-0.15, -0.1) is 0 Å². The number of aryl methyl sites for hydroxylation is 1. The lowest BCUT2D eigenvalue weighted by molar-refractivity contribution is -0.159. The Bertz CT molecular complexity index is 674. The standard InChI is InChI=1S/C15H16ClNO4/c1-3-21-15(20)13(19)12(18)10-7-9-6-4-5-8(2)11(9)17-14(10)16/h4-7,12-13,18-19H,3H2,1-2H3. The number of ether oxygens (including phenoxy) is 1. The molecule has 0 spiro atoms. The highest BCUT2D eigenvalue weighted by Gasteiger charge is 2.29. The number of hydrogen-bond donors (Lipinski definition) is 2. The maximum Gasteiger partial charge on any atom is 0.338 e. The van der Waals surface area contributed by atoms with Gasteiger partial charge in [0.1, 0.15) is 11.3 Å². The molecule has 0 bridgehead atoms. The molecule has 1 aromatic carbocycles. The van der Waals surface area contributed by atoms with Crippen molar-refractivity contribution >= 4 is 28.5 Å². The van der Waals surface area contributed by atoms with E-state index in [-0.39, 0.29) is 17.3 Å². The summed E-state index contributed by atoms with van der Waals surface area (Å²) in [7, 11) is 0. The van der Waals surface area contributed by atoms with Crippen LogP contribution >= 0.6 is 11.6 Å². The molecule has 2 N–H and O–H groups in total. The molecule has 5 nitrogen and oxygen atoms in total. The van der Waals surface area contributed by atoms with Crippen LogP contribution in [-0.4, -0.2) is 33.9 Å². The zero-order chi connectivity index (χ0) is 15.6. The summed E-state index contributed by atoms with van der Waals surface area (Å²) in [6.45, 7) is 3.63. The summed E-state index contributed by atoms with van der Waals surface area (Å²) in [4.78, 5) is 15.7. The van der Waals surface area contributed by atoms with Crippen molar-refractivity contribution in [1.82, 2.24) is 4.98 Å². The molecule has 0 saturated heterocycles. The molecular formula is C15H16ClNO4. The first-order chi connectivity index (χ1) is 9.95. The van der Waals surface area contributed by atoms with Gasteiger partial charge in [-0.05, 0) is 25.5 Å². The molecule has 0 aliphatic heterocycles. The highest BCUT2D eigenvalue weighted by molar-refractivity contribution is 6.30. The third-order valence-corrected chi connectivity index (χ3v) is 3.48. The molecule has 2 atom stereocenters. The Labute approximate surface area is 127 Å². The zero-order valence-electron chi connectivity index (χ0n) is 11.7. The molecule has 2 aromatic rings. The molecule has 6 heteroatoms. The number of nitrogens with zero attached hydrogens (tertiary/aromatic N) is 1. The van der Waals surface area contributed by atoms with Gasteiger partial charge >= 0.3 is 5.97 Å². The van der Waals surface area contributed by atoms with E-state index in [1.165, 1.54) is 0 Å². The zero-order valence-corrected chi connectivity index (χ0v) is 12.5. The van der Waals surface area contributed by atoms with E-state index in [0.717, 1.165) is 10.9 Å². The van der Waals surface area contributed by atoms with Gasteiger partial charge in [-0.3, -0.25) is 0 Å². The molecular weight excluding hydrogens is 294 g/mol. The van der Waals surface area contributed by atoms with Crippen LogP contribution in [0.3, 0.4) is 0 Å². The predicted octanol–water partition coefficient (Wildman–Crippen LogP) is 2.15. The van der Waals surface area contributed by atoms with Crippen LogP contribution in [0.25, 0.3) is 10.9 Å². The van der Waals surface area contributed by atoms with Crippen LogP contribution < -0.4 is 0 Å². The van der Waals surface area contributed by atoms with Crippen LogP contribution in [-0.2, 0) is 9.53 Å². The van der Waals surface area contributed by atoms with E-state index in [1.54, 1.807) is 13.0 Å². The van der Waals surface area contributed by atoms with Crippen LogP contribution in [0, 0.1) is 6.92 Å². The molecule has 0 amide bonds. The number of halogens is 1. The summed E-state index contributed by atoms with van der Waals surface area (Å²) in [6, 6.07) is 7.18. The van der Waals surface area contributed by atoms with Gasteiger partial charge in [0.2, 0.25) is 0 Å². The lowest BCUT2D eigenvalue weighted by Crippen LogP contribution is -2.30. The number of carbonyl (C=O) groups excluding carboxylic acids is 1. The number of aliphatic hydroxyl groups is 2. The number of aliphatic hydroxyl groups excluding tert-OH is 2. The summed E-state index contributed by atoms with van der Waals surface area (Å²) in [5.41, 5.74) is 1.85. The van der Waals surface area contributed by atoms with Gasteiger partial charge in [0.15, 0.2) is 6.10 Å². The molecule has 21 heavy (non-hydrogen) atoms. The van der Waals surface area contributed by atoms with Crippen LogP contribution in [0.5, 0.6) is 0 Å². The van der Waals surface area contributed by atoms with E-state index in [2.05, 4.69) is 9.72 Å². The van der Waals surface area contributed by atoms with Crippen LogP contribution in [0.15, 0.2) is 24.3 Å². The largest absolute Gasteiger partial charge is 0.464 e. The van der Waals surface area contributed by atoms with Crippen molar-refractivity contribution in [3.05, 3.63) is 40.5 Å². The normalized spacial score (nSPS) is 14.0. The van der Waals surface area contributed by atoms with Gasteiger partial charge in [0.25, 0.3) is 0 Å². The lowest BCUT2D eigenvalue weighted by atomic mass is 10.0. The van der Waals surface area contributed by atoms with Crippen LogP contribution in [0.1, 0.15) is 24.2 Å². The Morgan fingerprint density at radius 1 is 1.43 bits per heavy atom. The third-order valence-electron chi connectivity index (χ3n) is 3.17. The van der Waals surface area contributed by atoms with Gasteiger partial charge in [-0.1, -0.05) is 29.8 Å². The number of aromatic nitrogens is 1. The summed E-state index contributed by atoms with van der Waals surface area (Å²) < 4.78 is 4.68. The van der Waals surface area contributed by atoms with Gasteiger partial charge < -0.3 is 14.9 Å². The summed E-state index contributed by atoms with van der Waals surface area (Å²) in [6.07, 6.45) is -3.19. The van der Waals surface area contributed by atoms with Crippen molar-refractivity contribution in [2.24, 2.45) is 0 Å². The average molecular weight is 310 g/mol. The highest BCUT2D eigenvalue weighted by atomic mass is 35.5. The molecule has 0 fully saturated rings. The van der Waals surface area contributed by atoms with E-state index in [4.69, 9.17) is 11.6 Å². The molecule has 2 rings (SSSR count). The predicted molar refractivity (Wildman–Crippen MR) is 79.1 cm³/mol. The molecule has 112 valence electrons. The fraction of sp³-hybridized carbons (Fsp3) is 0.333. The van der Waals surface area contributed by atoms with Gasteiger partial charge in [-0.2, -0.15) is 0 Å². The fourth-order valence-corrected chi connectivity index (χ4v) is 2.33. The van der Waals surface area contributed by atoms with Crippen LogP contribution in [0.4, 0.5) is 0 Å². The monoisotopic (exact) mass is 309 g/mol. The van der Waals surface area contributed by atoms with Crippen molar-refractivity contribution in [2.45, 2.75) is 26.1 Å². The van der Waals surface area contributed by atoms with Gasteiger partial charge in [0, 0.05) is 10.9 Å². The van der Waals surface area contributed by atoms with E-state index in [0.29, 0.717) is 5.52 Å². The molecule has 0 saturated carbocycles. The van der Waals surface area contributed by atoms with Crippen molar-refractivity contribution in [2.75, 3.05) is 6.61 Å². The minimum atomic E-state index is -1.70. The summed E-state index contributed by atoms with van der Waals surface area (Å²) in [5.74, 6) is -0.898. The van der Waals surface area contributed by atoms with Gasteiger partial charge in [0.05, 0.1) is 12.1 Å². The minimum Gasteiger partial charge on any atom is -0.464 e. The summed E-state index contributed by atoms with van der Waals surface area (Å²) >= 11 is 6.06. The van der Waals surface area contributed by atoms with Crippen molar-refractivity contribution < 1.29 is 19.7 Å². The Hall–Kier alpha value is -1.69. The number of fused-ring (bicyclic) bond motifs is 1. The Balaban J connectivity index is 2.42. The first-order valence-corrected chi connectivity index (χ1v) is 6.92. The number of esters is 1. The Kier molecular flexibility index (Phi) is 4.77. The van der Waals surface area contributed by atoms with Crippen molar-refractivity contribution in [1.29, 1.82) is 0 Å². The maximum absolute atomic E-state index is 11.5. The van der Waals surface area contributed by atoms with Crippen LogP contribution in [0.2, 0.25) is 5.15 Å². The minimum absolute atomic E-state index is 0.0487. The van der Waals surface area contributed by atoms with E-state index < -0.39 is 18.2 Å². The van der Waals surface area contributed by atoms with E-state index in [1.807, 2.05) is 25.1 Å². The second kappa shape index (κ2) is 6.39. The molecule has 0 radical (unpaired) electrons. The fourth-order valence-electron chi connectivity index (χ4n) is 2.07. The third kappa shape index (κ3) is 3.15. The first kappa shape index (κ1) is 15.7. The number of rotatable bonds is 4. The van der Waals surface area contributed by atoms with Crippen molar-refractivity contribution in [3.63, 3.8) is 0 Å². The Morgan fingerprint density at radius 2 is 2.14 bits per heavy atom.